The minimum absolute atomic E-state index is 0.0102. The Hall–Kier alpha value is -8.20. The van der Waals surface area contributed by atoms with Crippen LogP contribution in [0.2, 0.25) is 0 Å². The molecule has 10 N–H and O–H groups in total. The van der Waals surface area contributed by atoms with E-state index >= 15 is 0 Å². The molecule has 1 saturated heterocycles. The van der Waals surface area contributed by atoms with Crippen molar-refractivity contribution in [1.29, 1.82) is 0 Å². The van der Waals surface area contributed by atoms with Gasteiger partial charge < -0.3 is 99.5 Å². The van der Waals surface area contributed by atoms with E-state index in [9.17, 15) is 68.7 Å². The van der Waals surface area contributed by atoms with Gasteiger partial charge in [-0.1, -0.05) is 52.0 Å². The second kappa shape index (κ2) is 33.8. The number of esters is 1. The summed E-state index contributed by atoms with van der Waals surface area (Å²) in [5.74, 6) is -5.79. The topological polar surface area (TPSA) is 410 Å². The number of carboxylic acid groups (broad SMARTS) is 1. The fourth-order valence-corrected chi connectivity index (χ4v) is 10.7. The number of fused-ring (bicyclic) bond motifs is 5. The number of cyclic esters (lactones) is 1. The van der Waals surface area contributed by atoms with Gasteiger partial charge in [0.05, 0.1) is 87.6 Å². The Balaban J connectivity index is 0.925. The van der Waals surface area contributed by atoms with E-state index in [0.717, 1.165) is 16.5 Å². The first-order valence-electron chi connectivity index (χ1n) is 31.3. The van der Waals surface area contributed by atoms with E-state index in [1.165, 1.54) is 30.0 Å². The van der Waals surface area contributed by atoms with Gasteiger partial charge in [-0.3, -0.25) is 28.8 Å². The summed E-state index contributed by atoms with van der Waals surface area (Å²) >= 11 is 0. The number of benzene rings is 2. The van der Waals surface area contributed by atoms with Crippen molar-refractivity contribution in [1.82, 2.24) is 35.7 Å². The van der Waals surface area contributed by atoms with Gasteiger partial charge in [0.15, 0.2) is 11.7 Å². The number of aliphatic hydroxyl groups excluding tert-OH is 3. The minimum atomic E-state index is -2.06. The highest BCUT2D eigenvalue weighted by Crippen LogP contribution is 2.41. The van der Waals surface area contributed by atoms with Crippen molar-refractivity contribution in [2.75, 3.05) is 71.3 Å². The smallest absolute Gasteiger partial charge is 0.410 e. The van der Waals surface area contributed by atoms with Crippen LogP contribution in [0.1, 0.15) is 102 Å². The van der Waals surface area contributed by atoms with E-state index in [-0.39, 0.29) is 132 Å². The molecule has 6 amide bonds. The fourth-order valence-electron chi connectivity index (χ4n) is 10.7. The van der Waals surface area contributed by atoms with Crippen molar-refractivity contribution >= 4 is 64.2 Å². The van der Waals surface area contributed by atoms with Gasteiger partial charge in [0.2, 0.25) is 35.8 Å². The third kappa shape index (κ3) is 18.2. The summed E-state index contributed by atoms with van der Waals surface area (Å²) in [5, 5.41) is 67.1. The quantitative estimate of drug-likeness (QED) is 0.0203. The molecule has 0 unspecified atom stereocenters. The van der Waals surface area contributed by atoms with Crippen LogP contribution in [0.4, 0.5) is 10.5 Å². The van der Waals surface area contributed by atoms with Crippen LogP contribution in [0.15, 0.2) is 53.3 Å². The molecule has 3 aliphatic rings. The standard InChI is InChI=1S/C64H86N8O22/c1-9-48(73)66-36(7)56(78)65-19-22-88-24-26-90-28-27-89-25-23-87-21-18-49(74)70-50(34(3)4)58(80)67-37(8)57(79)69-45-16-15-38(29-47(45)93-61-54(77)52(75)53(76)55(94-61)60(82)83)32-92-63(85)71(35(5)6)20-17-39-40-13-11-12-14-44(40)68-51-41(39)31-72-46(51)30-43-42(59(72)81)33-91-62(84)64(43,86)10-2/h11-16,29-30,34-37,50,52-55,61,75-77,86H,9-10,17-28,31-33H2,1-8H3,(H,65,78)(H,66,73)(H,67,80)(H,69,79)(H,70,74)(H,82,83)/t36-,37-,50-,52-,53-,54+,55-,61+,64-/m0/s1. The molecular formula is C64H86N8O22. The lowest BCUT2D eigenvalue weighted by Gasteiger charge is -2.38. The summed E-state index contributed by atoms with van der Waals surface area (Å²) < 4.78 is 45.9. The lowest BCUT2D eigenvalue weighted by molar-refractivity contribution is -0.271. The lowest BCUT2D eigenvalue weighted by Crippen LogP contribution is -2.61. The van der Waals surface area contributed by atoms with Gasteiger partial charge in [0.25, 0.3) is 5.56 Å². The van der Waals surface area contributed by atoms with Crippen LogP contribution in [0.3, 0.4) is 0 Å². The van der Waals surface area contributed by atoms with Crippen LogP contribution >= 0.6 is 0 Å². The summed E-state index contributed by atoms with van der Waals surface area (Å²) in [6.45, 7) is 14.9. The number of carbonyl (C=O) groups is 8. The van der Waals surface area contributed by atoms with Crippen molar-refractivity contribution in [2.45, 2.75) is 161 Å². The van der Waals surface area contributed by atoms with E-state index in [1.807, 2.05) is 24.3 Å². The number of para-hydroxylation sites is 1. The second-order valence-electron chi connectivity index (χ2n) is 23.5. The first kappa shape index (κ1) is 73.2. The average Bonchev–Trinajstić information content (AvgIpc) is 1.50. The molecule has 0 bridgehead atoms. The zero-order chi connectivity index (χ0) is 68.6. The van der Waals surface area contributed by atoms with Gasteiger partial charge in [0.1, 0.15) is 55.4 Å². The number of rotatable bonds is 34. The molecule has 0 aliphatic carbocycles. The molecule has 5 heterocycles. The molecule has 7 rings (SSSR count). The second-order valence-corrected chi connectivity index (χ2v) is 23.5. The average molecular weight is 1320 g/mol. The van der Waals surface area contributed by atoms with E-state index in [2.05, 4.69) is 26.6 Å². The van der Waals surface area contributed by atoms with Crippen molar-refractivity contribution < 1.29 is 102 Å². The Bertz CT molecular complexity index is 3440. The number of pyridine rings is 2. The molecular weight excluding hydrogens is 1230 g/mol. The van der Waals surface area contributed by atoms with E-state index in [4.69, 9.17) is 42.9 Å². The highest BCUT2D eigenvalue weighted by Gasteiger charge is 2.49. The maximum absolute atomic E-state index is 14.1. The summed E-state index contributed by atoms with van der Waals surface area (Å²) in [7, 11) is 0. The van der Waals surface area contributed by atoms with Gasteiger partial charge in [-0.2, -0.15) is 0 Å². The predicted molar refractivity (Wildman–Crippen MR) is 333 cm³/mol. The third-order valence-electron chi connectivity index (χ3n) is 16.1. The van der Waals surface area contributed by atoms with Gasteiger partial charge in [-0.15, -0.1) is 0 Å². The first-order valence-corrected chi connectivity index (χ1v) is 31.3. The molecule has 2 aromatic carbocycles. The molecule has 9 atom stereocenters. The van der Waals surface area contributed by atoms with Crippen LogP contribution < -0.4 is 36.9 Å². The summed E-state index contributed by atoms with van der Waals surface area (Å²) in [6, 6.07) is 9.71. The fraction of sp³-hybridized carbons (Fsp3) is 0.562. The minimum Gasteiger partial charge on any atom is -0.479 e. The zero-order valence-electron chi connectivity index (χ0n) is 53.9. The normalized spacial score (nSPS) is 19.8. The van der Waals surface area contributed by atoms with Crippen molar-refractivity contribution in [3.8, 4) is 17.1 Å². The number of nitrogens with one attached hydrogen (secondary N) is 5. The van der Waals surface area contributed by atoms with E-state index in [1.54, 1.807) is 59.1 Å². The Kier molecular flexibility index (Phi) is 26.3. The maximum atomic E-state index is 14.1. The van der Waals surface area contributed by atoms with Gasteiger partial charge in [-0.05, 0) is 81.8 Å². The molecule has 3 aliphatic heterocycles. The van der Waals surface area contributed by atoms with Crippen LogP contribution in [-0.4, -0.2) is 208 Å². The van der Waals surface area contributed by atoms with Gasteiger partial charge >= 0.3 is 18.0 Å². The number of aliphatic hydroxyl groups is 4. The van der Waals surface area contributed by atoms with Crippen LogP contribution in [0, 0.1) is 5.92 Å². The first-order chi connectivity index (χ1) is 44.8. The zero-order valence-corrected chi connectivity index (χ0v) is 53.9. The molecule has 0 radical (unpaired) electrons. The highest BCUT2D eigenvalue weighted by atomic mass is 16.7. The lowest BCUT2D eigenvalue weighted by atomic mass is 9.86. The molecule has 514 valence electrons. The molecule has 0 saturated carbocycles. The predicted octanol–water partition coefficient (Wildman–Crippen LogP) is 1.01. The molecule has 1 fully saturated rings. The number of amides is 6. The number of aliphatic carboxylic acids is 1. The number of anilines is 1. The maximum Gasteiger partial charge on any atom is 0.410 e. The molecule has 4 aromatic rings. The monoisotopic (exact) mass is 1320 g/mol. The number of ether oxygens (including phenoxy) is 8. The number of carboxylic acids is 1. The molecule has 0 spiro atoms. The Labute approximate surface area is 542 Å². The highest BCUT2D eigenvalue weighted by molar-refractivity contribution is 5.99. The summed E-state index contributed by atoms with van der Waals surface area (Å²) in [5.41, 5.74) is 1.07. The molecule has 94 heavy (non-hydrogen) atoms. The van der Waals surface area contributed by atoms with Crippen LogP contribution in [0.5, 0.6) is 5.75 Å². The number of carbonyl (C=O) groups excluding carboxylic acids is 7. The van der Waals surface area contributed by atoms with Crippen LogP contribution in [-0.2, 0) is 98.5 Å². The SMILES string of the molecule is CCC(=O)N[C@@H](C)C(=O)NCCOCCOCCOCCOCCC(=O)N[C@H](C(=O)N[C@@H](C)C(=O)Nc1ccc(COC(=O)N(CCc2c3c(nc4ccccc24)-c2cc4c(c(=O)n2C3)COC(=O)[C@]4(O)CC)C(C)C)cc1O[C@@H]1O[C@H](C(=O)O)[C@@H](O)[C@H](O)[C@H]1O)C(C)C. The molecule has 2 aromatic heterocycles. The van der Waals surface area contributed by atoms with E-state index < -0.39 is 114 Å². The number of aromatic nitrogens is 2. The van der Waals surface area contributed by atoms with Crippen LogP contribution in [0.25, 0.3) is 22.3 Å². The van der Waals surface area contributed by atoms with Crippen molar-refractivity contribution in [2.24, 2.45) is 5.92 Å². The Morgan fingerprint density at radius 3 is 2.07 bits per heavy atom. The molecule has 30 heteroatoms. The third-order valence-corrected chi connectivity index (χ3v) is 16.1. The van der Waals surface area contributed by atoms with Crippen molar-refractivity contribution in [3.63, 3.8) is 0 Å². The van der Waals surface area contributed by atoms with Gasteiger partial charge in [0, 0.05) is 48.5 Å². The van der Waals surface area contributed by atoms with Crippen molar-refractivity contribution in [3.05, 3.63) is 86.7 Å². The van der Waals surface area contributed by atoms with E-state index in [0.29, 0.717) is 30.1 Å². The Morgan fingerprint density at radius 1 is 0.766 bits per heavy atom. The summed E-state index contributed by atoms with van der Waals surface area (Å²) in [4.78, 5) is 123. The largest absolute Gasteiger partial charge is 0.479 e. The number of hydrogen-bond donors (Lipinski definition) is 10. The number of hydrogen-bond acceptors (Lipinski definition) is 22. The van der Waals surface area contributed by atoms with Gasteiger partial charge in [-0.25, -0.2) is 19.4 Å². The Morgan fingerprint density at radius 2 is 1.43 bits per heavy atom. The number of nitrogens with zero attached hydrogens (tertiary/aromatic N) is 3. The molecule has 30 nitrogen and oxygen atoms in total. The summed E-state index contributed by atoms with van der Waals surface area (Å²) in [6.07, 6.45) is -10.5.